The highest BCUT2D eigenvalue weighted by atomic mass is 16.2. The SMILES string of the molecule is C=CC[O-].[CH3+]. The monoisotopic (exact) mass is 72.1 g/mol. The molecular weight excluding hydrogens is 64.0 g/mol. The van der Waals surface area contributed by atoms with E-state index in [9.17, 15) is 5.11 Å². The first-order valence-corrected chi connectivity index (χ1v) is 1.11. The topological polar surface area (TPSA) is 23.1 Å². The Bertz CT molecular complexity index is 17.6. The Morgan fingerprint density at radius 3 is 2.00 bits per heavy atom. The largest absolute Gasteiger partial charge is 0.851 e. The molecule has 0 amide bonds. The van der Waals surface area contributed by atoms with Crippen LogP contribution in [0.4, 0.5) is 0 Å². The van der Waals surface area contributed by atoms with Crippen LogP contribution in [0.2, 0.25) is 0 Å². The van der Waals surface area contributed by atoms with E-state index in [0.717, 1.165) is 0 Å². The van der Waals surface area contributed by atoms with Crippen molar-refractivity contribution in [3.05, 3.63) is 20.1 Å². The molecule has 1 heteroatoms. The second kappa shape index (κ2) is 9.57. The summed E-state index contributed by atoms with van der Waals surface area (Å²) < 4.78 is 0. The Balaban J connectivity index is 0. The van der Waals surface area contributed by atoms with Crippen LogP contribution in [0.1, 0.15) is 0 Å². The fourth-order valence-electron chi connectivity index (χ4n) is 0. The average molecular weight is 72.1 g/mol. The molecule has 0 atom stereocenters. The van der Waals surface area contributed by atoms with Crippen molar-refractivity contribution in [3.8, 4) is 0 Å². The van der Waals surface area contributed by atoms with Crippen LogP contribution in [0.5, 0.6) is 0 Å². The molecule has 0 aliphatic carbocycles. The second-order valence-corrected chi connectivity index (χ2v) is 0.455. The van der Waals surface area contributed by atoms with E-state index in [1.807, 2.05) is 0 Å². The summed E-state index contributed by atoms with van der Waals surface area (Å²) in [4.78, 5) is 0. The van der Waals surface area contributed by atoms with Crippen LogP contribution < -0.4 is 5.11 Å². The molecule has 5 heavy (non-hydrogen) atoms. The van der Waals surface area contributed by atoms with Gasteiger partial charge in [-0.2, -0.15) is 0 Å². The van der Waals surface area contributed by atoms with Crippen LogP contribution in [0.3, 0.4) is 0 Å². The smallest absolute Gasteiger partial charge is 0.0467 e. The molecule has 0 unspecified atom stereocenters. The summed E-state index contributed by atoms with van der Waals surface area (Å²) in [7, 11) is 0. The van der Waals surface area contributed by atoms with Gasteiger partial charge in [-0.25, -0.2) is 0 Å². The van der Waals surface area contributed by atoms with E-state index < -0.39 is 0 Å². The molecule has 0 aromatic heterocycles. The van der Waals surface area contributed by atoms with Crippen LogP contribution in [0.15, 0.2) is 12.7 Å². The van der Waals surface area contributed by atoms with Crippen molar-refractivity contribution >= 4 is 0 Å². The first-order valence-electron chi connectivity index (χ1n) is 1.11. The Morgan fingerprint density at radius 1 is 1.80 bits per heavy atom. The van der Waals surface area contributed by atoms with Crippen molar-refractivity contribution in [2.24, 2.45) is 0 Å². The van der Waals surface area contributed by atoms with E-state index >= 15 is 0 Å². The Morgan fingerprint density at radius 2 is 2.00 bits per heavy atom. The zero-order valence-electron chi connectivity index (χ0n) is 3.40. The van der Waals surface area contributed by atoms with Gasteiger partial charge in [-0.1, -0.05) is 0 Å². The predicted molar refractivity (Wildman–Crippen MR) is 21.5 cm³/mol. The lowest BCUT2D eigenvalue weighted by molar-refractivity contribution is -0.352. The van der Waals surface area contributed by atoms with E-state index in [2.05, 4.69) is 6.58 Å². The van der Waals surface area contributed by atoms with E-state index in [1.165, 1.54) is 6.08 Å². The van der Waals surface area contributed by atoms with Crippen LogP contribution >= 0.6 is 0 Å². The summed E-state index contributed by atoms with van der Waals surface area (Å²) in [5, 5.41) is 9.18. The molecule has 0 fully saturated rings. The zero-order valence-corrected chi connectivity index (χ0v) is 3.40. The minimum atomic E-state index is -0.167. The van der Waals surface area contributed by atoms with Crippen molar-refractivity contribution in [2.45, 2.75) is 0 Å². The lowest BCUT2D eigenvalue weighted by Gasteiger charge is -1.83. The van der Waals surface area contributed by atoms with Gasteiger partial charge < -0.3 is 5.11 Å². The van der Waals surface area contributed by atoms with Crippen molar-refractivity contribution < 1.29 is 5.11 Å². The molecule has 0 N–H and O–H groups in total. The van der Waals surface area contributed by atoms with E-state index in [-0.39, 0.29) is 14.0 Å². The molecule has 0 saturated heterocycles. The highest BCUT2D eigenvalue weighted by molar-refractivity contribution is 4.59. The number of hydrogen-bond donors (Lipinski definition) is 0. The molecular formula is C4H8O. The first-order chi connectivity index (χ1) is 1.91. The third-order valence-electron chi connectivity index (χ3n) is 0.118. The van der Waals surface area contributed by atoms with Crippen molar-refractivity contribution in [1.29, 1.82) is 0 Å². The van der Waals surface area contributed by atoms with Gasteiger partial charge >= 0.3 is 0 Å². The average Bonchev–Trinajstić information content (AvgIpc) is 1.37. The molecule has 0 radical (unpaired) electrons. The van der Waals surface area contributed by atoms with Gasteiger partial charge in [-0.05, 0) is 0 Å². The molecule has 0 aromatic carbocycles. The summed E-state index contributed by atoms with van der Waals surface area (Å²) in [6.45, 7) is 3.00. The molecule has 0 aliphatic heterocycles. The summed E-state index contributed by atoms with van der Waals surface area (Å²) in [6, 6.07) is 0. The van der Waals surface area contributed by atoms with E-state index in [0.29, 0.717) is 0 Å². The zero-order chi connectivity index (χ0) is 3.41. The summed E-state index contributed by atoms with van der Waals surface area (Å²) in [6.07, 6.45) is 1.32. The summed E-state index contributed by atoms with van der Waals surface area (Å²) >= 11 is 0. The van der Waals surface area contributed by atoms with Crippen molar-refractivity contribution in [2.75, 3.05) is 6.61 Å². The second-order valence-electron chi connectivity index (χ2n) is 0.455. The highest BCUT2D eigenvalue weighted by Gasteiger charge is 1.30. The third kappa shape index (κ3) is 27.1. The fourth-order valence-corrected chi connectivity index (χ4v) is 0. The van der Waals surface area contributed by atoms with Gasteiger partial charge in [0.25, 0.3) is 0 Å². The quantitative estimate of drug-likeness (QED) is 0.315. The maximum Gasteiger partial charge on any atom is 0.0467 e. The van der Waals surface area contributed by atoms with E-state index in [1.54, 1.807) is 0 Å². The van der Waals surface area contributed by atoms with Gasteiger partial charge in [0.05, 0.1) is 0 Å². The first kappa shape index (κ1) is 8.82. The number of hydrogen-bond acceptors (Lipinski definition) is 1. The van der Waals surface area contributed by atoms with Gasteiger partial charge in [-0.3, -0.25) is 0 Å². The normalized spacial score (nSPS) is 5.00. The minimum absolute atomic E-state index is 0. The maximum absolute atomic E-state index is 9.18. The summed E-state index contributed by atoms with van der Waals surface area (Å²) in [5.74, 6) is 0. The lowest BCUT2D eigenvalue weighted by atomic mass is 10.7. The van der Waals surface area contributed by atoms with Crippen LogP contribution in [-0.4, -0.2) is 6.61 Å². The standard InChI is InChI=1S/C3H5O.CH3/c1-2-3-4;/h2H,1,3H2;1H3/q-1;+1. The molecule has 0 heterocycles. The third-order valence-corrected chi connectivity index (χ3v) is 0.118. The molecule has 0 aliphatic rings. The molecule has 0 saturated carbocycles. The summed E-state index contributed by atoms with van der Waals surface area (Å²) in [5.41, 5.74) is 0. The molecule has 0 aromatic rings. The highest BCUT2D eigenvalue weighted by Crippen LogP contribution is 1.39. The molecule has 30 valence electrons. The minimum Gasteiger partial charge on any atom is -0.851 e. The van der Waals surface area contributed by atoms with Crippen molar-refractivity contribution in [1.82, 2.24) is 0 Å². The van der Waals surface area contributed by atoms with Gasteiger partial charge in [-0.15, -0.1) is 19.3 Å². The van der Waals surface area contributed by atoms with Gasteiger partial charge in [0.2, 0.25) is 0 Å². The molecule has 0 rings (SSSR count). The van der Waals surface area contributed by atoms with E-state index in [4.69, 9.17) is 0 Å². The van der Waals surface area contributed by atoms with Gasteiger partial charge in [0.15, 0.2) is 0 Å². The Labute approximate surface area is 32.9 Å². The van der Waals surface area contributed by atoms with Crippen LogP contribution in [-0.2, 0) is 0 Å². The molecule has 0 spiro atoms. The Kier molecular flexibility index (Phi) is 16.9. The lowest BCUT2D eigenvalue weighted by Crippen LogP contribution is -1.98. The van der Waals surface area contributed by atoms with Crippen LogP contribution in [0, 0.1) is 7.43 Å². The molecule has 1 nitrogen and oxygen atoms in total. The van der Waals surface area contributed by atoms with Gasteiger partial charge in [0, 0.05) is 7.43 Å². The van der Waals surface area contributed by atoms with Crippen LogP contribution in [0.25, 0.3) is 0 Å². The molecule has 0 bridgehead atoms. The maximum atomic E-state index is 9.18. The number of rotatable bonds is 1. The van der Waals surface area contributed by atoms with Gasteiger partial charge in [0.1, 0.15) is 0 Å². The fraction of sp³-hybridized carbons (Fsp3) is 0.250. The Hall–Kier alpha value is -0.430. The van der Waals surface area contributed by atoms with Crippen molar-refractivity contribution in [3.63, 3.8) is 0 Å². The predicted octanol–water partition coefficient (Wildman–Crippen LogP) is -0.0170.